The molecule has 1 aromatic rings. The molecule has 0 spiro atoms. The molecule has 1 amide bonds. The molecule has 0 atom stereocenters. The smallest absolute Gasteiger partial charge is 0.220 e. The molecule has 0 bridgehead atoms. The van der Waals surface area contributed by atoms with Gasteiger partial charge >= 0.3 is 0 Å². The van der Waals surface area contributed by atoms with Crippen molar-refractivity contribution < 1.29 is 14.3 Å². The van der Waals surface area contributed by atoms with Crippen LogP contribution in [0.1, 0.15) is 24.8 Å². The molecule has 0 unspecified atom stereocenters. The topological polar surface area (TPSA) is 73.6 Å². The van der Waals surface area contributed by atoms with Gasteiger partial charge in [-0.15, -0.1) is 12.4 Å². The zero-order valence-electron chi connectivity index (χ0n) is 11.4. The Hall–Kier alpha value is -1.46. The lowest BCUT2D eigenvalue weighted by atomic mass is 10.2. The quantitative estimate of drug-likeness (QED) is 0.867. The fraction of sp³-hybridized carbons (Fsp3) is 0.500. The summed E-state index contributed by atoms with van der Waals surface area (Å²) in [5, 5.41) is 2.87. The Balaban J connectivity index is 0.00000200. The molecule has 1 heterocycles. The first-order valence-corrected chi connectivity index (χ1v) is 6.65. The molecule has 6 heteroatoms. The zero-order chi connectivity index (χ0) is 13.5. The molecule has 0 aromatic heterocycles. The Labute approximate surface area is 125 Å². The summed E-state index contributed by atoms with van der Waals surface area (Å²) in [6.45, 7) is 2.39. The second-order valence-corrected chi connectivity index (χ2v) is 4.50. The van der Waals surface area contributed by atoms with Crippen molar-refractivity contribution in [1.82, 2.24) is 5.32 Å². The molecule has 0 radical (unpaired) electrons. The van der Waals surface area contributed by atoms with E-state index >= 15 is 0 Å². The molecule has 0 fully saturated rings. The molecule has 1 aliphatic rings. The second kappa shape index (κ2) is 8.66. The lowest BCUT2D eigenvalue weighted by molar-refractivity contribution is -0.121. The summed E-state index contributed by atoms with van der Waals surface area (Å²) in [4.78, 5) is 11.5. The Bertz CT molecular complexity index is 440. The van der Waals surface area contributed by atoms with Crippen LogP contribution in [0, 0.1) is 0 Å². The van der Waals surface area contributed by atoms with Crippen molar-refractivity contribution in [3.8, 4) is 11.5 Å². The molecule has 1 aromatic carbocycles. The summed E-state index contributed by atoms with van der Waals surface area (Å²) in [5.74, 6) is 1.56. The number of carbonyl (C=O) groups is 1. The van der Waals surface area contributed by atoms with Gasteiger partial charge < -0.3 is 20.5 Å². The third-order valence-corrected chi connectivity index (χ3v) is 2.91. The fourth-order valence-electron chi connectivity index (χ4n) is 1.87. The maximum absolute atomic E-state index is 11.5. The van der Waals surface area contributed by atoms with Crippen molar-refractivity contribution in [1.29, 1.82) is 0 Å². The number of rotatable bonds is 5. The fourth-order valence-corrected chi connectivity index (χ4v) is 1.87. The molecule has 3 N–H and O–H groups in total. The van der Waals surface area contributed by atoms with Crippen LogP contribution in [-0.4, -0.2) is 25.7 Å². The first-order valence-electron chi connectivity index (χ1n) is 6.65. The summed E-state index contributed by atoms with van der Waals surface area (Å²) in [7, 11) is 0. The van der Waals surface area contributed by atoms with Crippen LogP contribution in [0.3, 0.4) is 0 Å². The van der Waals surface area contributed by atoms with Crippen molar-refractivity contribution >= 4 is 18.3 Å². The van der Waals surface area contributed by atoms with E-state index in [9.17, 15) is 4.79 Å². The van der Waals surface area contributed by atoms with E-state index in [0.717, 1.165) is 23.5 Å². The first-order chi connectivity index (χ1) is 9.29. The third kappa shape index (κ3) is 4.90. The van der Waals surface area contributed by atoms with Gasteiger partial charge in [0.05, 0.1) is 13.2 Å². The Morgan fingerprint density at radius 3 is 2.75 bits per heavy atom. The molecule has 0 aliphatic carbocycles. The van der Waals surface area contributed by atoms with Gasteiger partial charge in [0.2, 0.25) is 5.91 Å². The zero-order valence-corrected chi connectivity index (χ0v) is 12.2. The molecule has 20 heavy (non-hydrogen) atoms. The third-order valence-electron chi connectivity index (χ3n) is 2.91. The number of amides is 1. The lowest BCUT2D eigenvalue weighted by Crippen LogP contribution is -2.23. The van der Waals surface area contributed by atoms with Gasteiger partial charge in [-0.05, 0) is 30.7 Å². The normalized spacial score (nSPS) is 13.1. The molecule has 112 valence electrons. The van der Waals surface area contributed by atoms with Crippen LogP contribution >= 0.6 is 12.4 Å². The highest BCUT2D eigenvalue weighted by molar-refractivity contribution is 5.85. The van der Waals surface area contributed by atoms with E-state index in [0.29, 0.717) is 39.1 Å². The summed E-state index contributed by atoms with van der Waals surface area (Å²) in [6.07, 6.45) is 2.08. The summed E-state index contributed by atoms with van der Waals surface area (Å²) in [6, 6.07) is 5.75. The van der Waals surface area contributed by atoms with Crippen LogP contribution in [0.2, 0.25) is 0 Å². The SMILES string of the molecule is Cl.NCCCC(=O)NCc1ccc2c(c1)OCCCO2. The van der Waals surface area contributed by atoms with E-state index < -0.39 is 0 Å². The number of nitrogens with two attached hydrogens (primary N) is 1. The average Bonchev–Trinajstić information content (AvgIpc) is 2.67. The maximum Gasteiger partial charge on any atom is 0.220 e. The number of fused-ring (bicyclic) bond motifs is 1. The average molecular weight is 301 g/mol. The van der Waals surface area contributed by atoms with E-state index in [-0.39, 0.29) is 18.3 Å². The van der Waals surface area contributed by atoms with Gasteiger partial charge in [-0.25, -0.2) is 0 Å². The highest BCUT2D eigenvalue weighted by atomic mass is 35.5. The highest BCUT2D eigenvalue weighted by Gasteiger charge is 2.10. The van der Waals surface area contributed by atoms with Gasteiger partial charge in [0.25, 0.3) is 0 Å². The van der Waals surface area contributed by atoms with Gasteiger partial charge in [-0.3, -0.25) is 4.79 Å². The number of nitrogens with one attached hydrogen (secondary N) is 1. The molecular weight excluding hydrogens is 280 g/mol. The van der Waals surface area contributed by atoms with Gasteiger partial charge in [0.1, 0.15) is 0 Å². The Kier molecular flexibility index (Phi) is 7.18. The van der Waals surface area contributed by atoms with Crippen molar-refractivity contribution in [2.24, 2.45) is 5.73 Å². The standard InChI is InChI=1S/C14H20N2O3.ClH/c15-6-1-3-14(17)16-10-11-4-5-12-13(9-11)19-8-2-7-18-12;/h4-5,9H,1-3,6-8,10,15H2,(H,16,17);1H. The van der Waals surface area contributed by atoms with Crippen LogP contribution in [0.5, 0.6) is 11.5 Å². The number of hydrogen-bond acceptors (Lipinski definition) is 4. The van der Waals surface area contributed by atoms with Crippen LogP contribution in [-0.2, 0) is 11.3 Å². The van der Waals surface area contributed by atoms with Gasteiger partial charge in [0, 0.05) is 19.4 Å². The monoisotopic (exact) mass is 300 g/mol. The van der Waals surface area contributed by atoms with Crippen molar-refractivity contribution in [2.45, 2.75) is 25.8 Å². The van der Waals surface area contributed by atoms with Gasteiger partial charge in [-0.1, -0.05) is 6.07 Å². The number of hydrogen-bond donors (Lipinski definition) is 2. The van der Waals surface area contributed by atoms with Crippen molar-refractivity contribution in [2.75, 3.05) is 19.8 Å². The molecule has 2 rings (SSSR count). The minimum atomic E-state index is 0. The van der Waals surface area contributed by atoms with Crippen LogP contribution in [0.4, 0.5) is 0 Å². The Morgan fingerprint density at radius 1 is 1.25 bits per heavy atom. The summed E-state index contributed by atoms with van der Waals surface area (Å²) in [5.41, 5.74) is 6.37. The minimum absolute atomic E-state index is 0. The van der Waals surface area contributed by atoms with Crippen molar-refractivity contribution in [3.63, 3.8) is 0 Å². The minimum Gasteiger partial charge on any atom is -0.490 e. The van der Waals surface area contributed by atoms with E-state index in [1.807, 2.05) is 18.2 Å². The Morgan fingerprint density at radius 2 is 2.00 bits per heavy atom. The number of halogens is 1. The molecule has 5 nitrogen and oxygen atoms in total. The second-order valence-electron chi connectivity index (χ2n) is 4.50. The lowest BCUT2D eigenvalue weighted by Gasteiger charge is -2.10. The predicted molar refractivity (Wildman–Crippen MR) is 79.4 cm³/mol. The van der Waals surface area contributed by atoms with E-state index in [4.69, 9.17) is 15.2 Å². The summed E-state index contributed by atoms with van der Waals surface area (Å²) >= 11 is 0. The van der Waals surface area contributed by atoms with E-state index in [2.05, 4.69) is 5.32 Å². The van der Waals surface area contributed by atoms with Crippen LogP contribution in [0.25, 0.3) is 0 Å². The maximum atomic E-state index is 11.5. The molecule has 0 saturated carbocycles. The molecular formula is C14H21ClN2O3. The van der Waals surface area contributed by atoms with E-state index in [1.54, 1.807) is 0 Å². The highest BCUT2D eigenvalue weighted by Crippen LogP contribution is 2.30. The van der Waals surface area contributed by atoms with Crippen LogP contribution in [0.15, 0.2) is 18.2 Å². The van der Waals surface area contributed by atoms with Gasteiger partial charge in [0.15, 0.2) is 11.5 Å². The van der Waals surface area contributed by atoms with Crippen LogP contribution < -0.4 is 20.5 Å². The molecule has 0 saturated heterocycles. The molecule has 1 aliphatic heterocycles. The largest absolute Gasteiger partial charge is 0.490 e. The van der Waals surface area contributed by atoms with Crippen molar-refractivity contribution in [3.05, 3.63) is 23.8 Å². The van der Waals surface area contributed by atoms with Gasteiger partial charge in [-0.2, -0.15) is 0 Å². The number of carbonyl (C=O) groups excluding carboxylic acids is 1. The predicted octanol–water partition coefficient (Wildman–Crippen LogP) is 1.62. The first kappa shape index (κ1) is 16.6. The number of ether oxygens (including phenoxy) is 2. The number of benzene rings is 1. The van der Waals surface area contributed by atoms with E-state index in [1.165, 1.54) is 0 Å². The summed E-state index contributed by atoms with van der Waals surface area (Å²) < 4.78 is 11.2.